The van der Waals surface area contributed by atoms with Gasteiger partial charge >= 0.3 is 0 Å². The second kappa shape index (κ2) is 4.67. The van der Waals surface area contributed by atoms with Crippen molar-refractivity contribution >= 4 is 27.5 Å². The molecule has 0 spiro atoms. The topological polar surface area (TPSA) is 47.0 Å². The molecule has 4 heteroatoms. The number of halogens is 1. The van der Waals surface area contributed by atoms with Gasteiger partial charge in [-0.1, -0.05) is 12.8 Å². The van der Waals surface area contributed by atoms with E-state index >= 15 is 0 Å². The van der Waals surface area contributed by atoms with Gasteiger partial charge in [-0.25, -0.2) is 4.98 Å². The summed E-state index contributed by atoms with van der Waals surface area (Å²) in [6, 6.07) is 3.52. The van der Waals surface area contributed by atoms with Crippen molar-refractivity contribution in [1.29, 1.82) is 0 Å². The average molecular weight is 320 g/mol. The molecule has 1 heterocycles. The minimum absolute atomic E-state index is 0.0270. The smallest absolute Gasteiger partial charge is 0.219 e. The van der Waals surface area contributed by atoms with Crippen LogP contribution in [0.1, 0.15) is 52.2 Å². The SMILES string of the molecule is Cc1ccc2c(n1)C(=O)C(Br)=C(C1CCCC1)C2=O. The van der Waals surface area contributed by atoms with Crippen molar-refractivity contribution < 1.29 is 9.59 Å². The molecule has 2 aliphatic carbocycles. The lowest BCUT2D eigenvalue weighted by atomic mass is 9.84. The van der Waals surface area contributed by atoms with Gasteiger partial charge in [0.15, 0.2) is 5.78 Å². The third kappa shape index (κ3) is 1.98. The van der Waals surface area contributed by atoms with Crippen molar-refractivity contribution in [3.8, 4) is 0 Å². The summed E-state index contributed by atoms with van der Waals surface area (Å²) in [5.74, 6) is 0.0429. The number of hydrogen-bond acceptors (Lipinski definition) is 3. The lowest BCUT2D eigenvalue weighted by Gasteiger charge is -2.21. The summed E-state index contributed by atoms with van der Waals surface area (Å²) in [6.07, 6.45) is 4.26. The molecule has 1 saturated carbocycles. The van der Waals surface area contributed by atoms with E-state index in [9.17, 15) is 9.59 Å². The van der Waals surface area contributed by atoms with Crippen LogP contribution >= 0.6 is 15.9 Å². The summed E-state index contributed by atoms with van der Waals surface area (Å²) < 4.78 is 0.426. The van der Waals surface area contributed by atoms with Crippen LogP contribution in [0.4, 0.5) is 0 Å². The molecule has 1 aromatic rings. The van der Waals surface area contributed by atoms with E-state index in [0.717, 1.165) is 31.4 Å². The van der Waals surface area contributed by atoms with Gasteiger partial charge in [0.25, 0.3) is 0 Å². The molecular weight excluding hydrogens is 306 g/mol. The highest BCUT2D eigenvalue weighted by atomic mass is 79.9. The minimum atomic E-state index is -0.153. The lowest BCUT2D eigenvalue weighted by molar-refractivity contribution is 0.0969. The quantitative estimate of drug-likeness (QED) is 0.794. The predicted molar refractivity (Wildman–Crippen MR) is 75.5 cm³/mol. The minimum Gasteiger partial charge on any atom is -0.289 e. The molecular formula is C15H14BrNO2. The van der Waals surface area contributed by atoms with Gasteiger partial charge in [-0.2, -0.15) is 0 Å². The standard InChI is InChI=1S/C15H14BrNO2/c1-8-6-7-10-13(17-8)15(19)12(16)11(14(10)18)9-4-2-3-5-9/h6-7,9H,2-5H2,1H3. The number of fused-ring (bicyclic) bond motifs is 1. The molecule has 3 nitrogen and oxygen atoms in total. The fourth-order valence-electron chi connectivity index (χ4n) is 2.96. The Labute approximate surface area is 120 Å². The zero-order valence-electron chi connectivity index (χ0n) is 10.7. The molecule has 3 rings (SSSR count). The van der Waals surface area contributed by atoms with E-state index in [1.807, 2.05) is 6.92 Å². The van der Waals surface area contributed by atoms with E-state index in [-0.39, 0.29) is 17.5 Å². The van der Waals surface area contributed by atoms with Gasteiger partial charge in [0.2, 0.25) is 5.78 Å². The first-order valence-electron chi connectivity index (χ1n) is 6.56. The number of carbonyl (C=O) groups excluding carboxylic acids is 2. The van der Waals surface area contributed by atoms with Gasteiger partial charge in [0.1, 0.15) is 5.69 Å². The predicted octanol–water partition coefficient (Wildman–Crippen LogP) is 3.61. The Hall–Kier alpha value is -1.29. The Kier molecular flexibility index (Phi) is 3.13. The van der Waals surface area contributed by atoms with E-state index in [0.29, 0.717) is 21.3 Å². The van der Waals surface area contributed by atoms with Gasteiger partial charge in [0.05, 0.1) is 10.0 Å². The number of allylic oxidation sites excluding steroid dienone is 2. The highest BCUT2D eigenvalue weighted by Crippen LogP contribution is 2.39. The van der Waals surface area contributed by atoms with Crippen molar-refractivity contribution in [3.63, 3.8) is 0 Å². The first-order valence-corrected chi connectivity index (χ1v) is 7.35. The first-order chi connectivity index (χ1) is 9.09. The van der Waals surface area contributed by atoms with Gasteiger partial charge in [0, 0.05) is 11.3 Å². The normalized spacial score (nSPS) is 20.1. The number of rotatable bonds is 1. The molecule has 0 amide bonds. The fraction of sp³-hybridized carbons (Fsp3) is 0.400. The van der Waals surface area contributed by atoms with Crippen molar-refractivity contribution in [3.05, 3.63) is 39.1 Å². The average Bonchev–Trinajstić information content (AvgIpc) is 2.90. The second-order valence-corrected chi connectivity index (χ2v) is 6.01. The van der Waals surface area contributed by atoms with Gasteiger partial charge in [-0.15, -0.1) is 0 Å². The molecule has 1 aromatic heterocycles. The summed E-state index contributed by atoms with van der Waals surface area (Å²) in [6.45, 7) is 1.82. The van der Waals surface area contributed by atoms with Gasteiger partial charge < -0.3 is 0 Å². The third-order valence-electron chi connectivity index (χ3n) is 3.94. The van der Waals surface area contributed by atoms with E-state index in [4.69, 9.17) is 0 Å². The molecule has 19 heavy (non-hydrogen) atoms. The van der Waals surface area contributed by atoms with Crippen LogP contribution in [0.5, 0.6) is 0 Å². The molecule has 0 bridgehead atoms. The molecule has 0 aromatic carbocycles. The third-order valence-corrected chi connectivity index (χ3v) is 4.73. The van der Waals surface area contributed by atoms with Crippen LogP contribution < -0.4 is 0 Å². The second-order valence-electron chi connectivity index (χ2n) is 5.22. The van der Waals surface area contributed by atoms with Crippen LogP contribution in [0.3, 0.4) is 0 Å². The number of pyridine rings is 1. The van der Waals surface area contributed by atoms with E-state index < -0.39 is 0 Å². The molecule has 1 fully saturated rings. The summed E-state index contributed by atoms with van der Waals surface area (Å²) in [5.41, 5.74) is 2.17. The maximum atomic E-state index is 12.6. The largest absolute Gasteiger partial charge is 0.289 e. The Morgan fingerprint density at radius 1 is 1.16 bits per heavy atom. The zero-order chi connectivity index (χ0) is 13.6. The number of hydrogen-bond donors (Lipinski definition) is 0. The fourth-order valence-corrected chi connectivity index (χ4v) is 3.65. The highest BCUT2D eigenvalue weighted by molar-refractivity contribution is 9.12. The Bertz CT molecular complexity index is 613. The molecule has 0 aliphatic heterocycles. The number of nitrogens with zero attached hydrogens (tertiary/aromatic N) is 1. The van der Waals surface area contributed by atoms with Crippen molar-refractivity contribution in [2.24, 2.45) is 5.92 Å². The van der Waals surface area contributed by atoms with Crippen molar-refractivity contribution in [2.75, 3.05) is 0 Å². The number of ketones is 2. The van der Waals surface area contributed by atoms with Gasteiger partial charge in [-0.05, 0) is 53.7 Å². The molecule has 2 aliphatic rings. The molecule has 0 unspecified atom stereocenters. The van der Waals surface area contributed by atoms with Crippen LogP contribution in [-0.2, 0) is 0 Å². The lowest BCUT2D eigenvalue weighted by Crippen LogP contribution is -2.25. The van der Waals surface area contributed by atoms with Crippen molar-refractivity contribution in [1.82, 2.24) is 4.98 Å². The Morgan fingerprint density at radius 3 is 2.53 bits per heavy atom. The summed E-state index contributed by atoms with van der Waals surface area (Å²) in [5, 5.41) is 0. The Balaban J connectivity index is 2.13. The monoisotopic (exact) mass is 319 g/mol. The van der Waals surface area contributed by atoms with Crippen molar-refractivity contribution in [2.45, 2.75) is 32.6 Å². The summed E-state index contributed by atoms with van der Waals surface area (Å²) >= 11 is 3.33. The van der Waals surface area contributed by atoms with Gasteiger partial charge in [-0.3, -0.25) is 9.59 Å². The zero-order valence-corrected chi connectivity index (χ0v) is 12.3. The molecule has 0 atom stereocenters. The van der Waals surface area contributed by atoms with Crippen LogP contribution in [-0.4, -0.2) is 16.6 Å². The molecule has 0 saturated heterocycles. The molecule has 98 valence electrons. The van der Waals surface area contributed by atoms with Crippen LogP contribution in [0.25, 0.3) is 0 Å². The number of aromatic nitrogens is 1. The van der Waals surface area contributed by atoms with Crippen LogP contribution in [0, 0.1) is 12.8 Å². The summed E-state index contributed by atoms with van der Waals surface area (Å²) in [7, 11) is 0. The molecule has 0 radical (unpaired) electrons. The first kappa shape index (κ1) is 12.7. The number of Topliss-reactive ketones (excluding diaryl/α,β-unsaturated/α-hetero) is 2. The Morgan fingerprint density at radius 2 is 1.84 bits per heavy atom. The van der Waals surface area contributed by atoms with E-state index in [1.165, 1.54) is 0 Å². The van der Waals surface area contributed by atoms with E-state index in [2.05, 4.69) is 20.9 Å². The maximum absolute atomic E-state index is 12.6. The van der Waals surface area contributed by atoms with Crippen LogP contribution in [0.2, 0.25) is 0 Å². The number of aryl methyl sites for hydroxylation is 1. The maximum Gasteiger partial charge on any atom is 0.219 e. The van der Waals surface area contributed by atoms with Crippen LogP contribution in [0.15, 0.2) is 22.2 Å². The van der Waals surface area contributed by atoms with E-state index in [1.54, 1.807) is 12.1 Å². The molecule has 0 N–H and O–H groups in total. The number of carbonyl (C=O) groups is 2. The highest BCUT2D eigenvalue weighted by Gasteiger charge is 2.36. The summed E-state index contributed by atoms with van der Waals surface area (Å²) in [4.78, 5) is 29.2.